The van der Waals surface area contributed by atoms with E-state index in [0.29, 0.717) is 25.9 Å². The average molecular weight is 434 g/mol. The molecule has 160 valence electrons. The Morgan fingerprint density at radius 2 is 2.07 bits per heavy atom. The number of halogens is 1. The van der Waals surface area contributed by atoms with E-state index in [1.807, 2.05) is 0 Å². The molecule has 0 spiro atoms. The monoisotopic (exact) mass is 433 g/mol. The molecule has 0 radical (unpaired) electrons. The zero-order valence-corrected chi connectivity index (χ0v) is 17.5. The molecule has 2 saturated heterocycles. The molecule has 2 aliphatic heterocycles. The van der Waals surface area contributed by atoms with Gasteiger partial charge in [0.1, 0.15) is 5.82 Å². The van der Waals surface area contributed by atoms with Crippen molar-refractivity contribution in [3.63, 3.8) is 0 Å². The molecule has 0 aromatic heterocycles. The van der Waals surface area contributed by atoms with Gasteiger partial charge in [-0.15, -0.1) is 0 Å². The van der Waals surface area contributed by atoms with E-state index in [1.165, 1.54) is 18.2 Å². The Morgan fingerprint density at radius 1 is 1.30 bits per heavy atom. The summed E-state index contributed by atoms with van der Waals surface area (Å²) in [5.74, 6) is -1.41. The van der Waals surface area contributed by atoms with Gasteiger partial charge in [0.2, 0.25) is 11.8 Å². The first-order chi connectivity index (χ1) is 14.4. The van der Waals surface area contributed by atoms with Crippen molar-refractivity contribution in [1.29, 1.82) is 0 Å². The Bertz CT molecular complexity index is 889. The fraction of sp³-hybridized carbons (Fsp3) is 0.429. The Labute approximate surface area is 178 Å². The molecule has 1 atom stereocenters. The molecule has 1 unspecified atom stereocenters. The molecular weight excluding hydrogens is 409 g/mol. The average Bonchev–Trinajstić information content (AvgIpc) is 3.02. The lowest BCUT2D eigenvalue weighted by atomic mass is 9.97. The van der Waals surface area contributed by atoms with Crippen LogP contribution in [0.15, 0.2) is 29.2 Å². The number of likely N-dealkylation sites (tertiary alicyclic amines) is 1. The first-order valence-electron chi connectivity index (χ1n) is 9.96. The summed E-state index contributed by atoms with van der Waals surface area (Å²) in [4.78, 5) is 51.9. The second kappa shape index (κ2) is 9.88. The van der Waals surface area contributed by atoms with E-state index in [2.05, 4.69) is 5.32 Å². The molecular formula is C21H24FN3O4S. The van der Waals surface area contributed by atoms with Crippen LogP contribution in [0.1, 0.15) is 31.7 Å². The lowest BCUT2D eigenvalue weighted by Gasteiger charge is -2.32. The maximum atomic E-state index is 13.8. The van der Waals surface area contributed by atoms with Crippen molar-refractivity contribution in [1.82, 2.24) is 15.1 Å². The van der Waals surface area contributed by atoms with Crippen LogP contribution >= 0.6 is 11.8 Å². The number of imide groups is 1. The first-order valence-corrected chi connectivity index (χ1v) is 10.8. The lowest BCUT2D eigenvalue weighted by Crippen LogP contribution is -2.46. The third-order valence-electron chi connectivity index (χ3n) is 5.15. The Morgan fingerprint density at radius 3 is 2.80 bits per heavy atom. The smallest absolute Gasteiger partial charge is 0.293 e. The molecule has 0 saturated carbocycles. The molecule has 1 aromatic carbocycles. The molecule has 0 bridgehead atoms. The lowest BCUT2D eigenvalue weighted by molar-refractivity contribution is -0.135. The van der Waals surface area contributed by atoms with Crippen molar-refractivity contribution in [2.45, 2.75) is 26.2 Å². The van der Waals surface area contributed by atoms with Crippen LogP contribution in [0.25, 0.3) is 6.08 Å². The summed E-state index contributed by atoms with van der Waals surface area (Å²) >= 11 is 0.753. The molecule has 9 heteroatoms. The maximum absolute atomic E-state index is 13.8. The van der Waals surface area contributed by atoms with E-state index in [1.54, 1.807) is 24.0 Å². The van der Waals surface area contributed by atoms with Gasteiger partial charge >= 0.3 is 0 Å². The highest BCUT2D eigenvalue weighted by Gasteiger charge is 2.35. The Hall–Kier alpha value is -2.68. The zero-order valence-electron chi connectivity index (χ0n) is 16.7. The molecule has 7 nitrogen and oxygen atoms in total. The maximum Gasteiger partial charge on any atom is 0.293 e. The number of rotatable bonds is 6. The number of hydrogen-bond acceptors (Lipinski definition) is 5. The second-order valence-corrected chi connectivity index (χ2v) is 8.17. The minimum Gasteiger partial charge on any atom is -0.354 e. The minimum atomic E-state index is -0.500. The number of carbonyl (C=O) groups is 4. The fourth-order valence-corrected chi connectivity index (χ4v) is 4.36. The van der Waals surface area contributed by atoms with E-state index in [0.717, 1.165) is 23.1 Å². The van der Waals surface area contributed by atoms with Gasteiger partial charge < -0.3 is 10.2 Å². The van der Waals surface area contributed by atoms with Gasteiger partial charge in [-0.1, -0.05) is 25.1 Å². The van der Waals surface area contributed by atoms with Crippen molar-refractivity contribution in [2.24, 2.45) is 5.92 Å². The second-order valence-electron chi connectivity index (χ2n) is 7.18. The Balaban J connectivity index is 1.53. The summed E-state index contributed by atoms with van der Waals surface area (Å²) in [6.45, 7) is 3.02. The molecule has 0 aliphatic carbocycles. The summed E-state index contributed by atoms with van der Waals surface area (Å²) < 4.78 is 13.8. The van der Waals surface area contributed by atoms with Crippen LogP contribution in [0.3, 0.4) is 0 Å². The van der Waals surface area contributed by atoms with Crippen molar-refractivity contribution >= 4 is 40.8 Å². The molecule has 2 fully saturated rings. The summed E-state index contributed by atoms with van der Waals surface area (Å²) in [5.41, 5.74) is 0.236. The van der Waals surface area contributed by atoms with Crippen LogP contribution in [0.4, 0.5) is 9.18 Å². The molecule has 1 aromatic rings. The van der Waals surface area contributed by atoms with Gasteiger partial charge in [0.05, 0.1) is 10.8 Å². The van der Waals surface area contributed by atoms with Gasteiger partial charge in [-0.2, -0.15) is 0 Å². The normalized spacial score (nSPS) is 20.7. The third-order valence-corrected chi connectivity index (χ3v) is 6.05. The van der Waals surface area contributed by atoms with Gasteiger partial charge in [0, 0.05) is 38.2 Å². The number of hydrogen-bond donors (Lipinski definition) is 1. The predicted octanol–water partition coefficient (Wildman–Crippen LogP) is 2.63. The van der Waals surface area contributed by atoms with Gasteiger partial charge in [-0.3, -0.25) is 24.1 Å². The fourth-order valence-electron chi connectivity index (χ4n) is 3.50. The van der Waals surface area contributed by atoms with E-state index >= 15 is 0 Å². The number of nitrogens with zero attached hydrogens (tertiary/aromatic N) is 2. The summed E-state index contributed by atoms with van der Waals surface area (Å²) in [5, 5.41) is 2.31. The summed E-state index contributed by atoms with van der Waals surface area (Å²) in [6.07, 6.45) is 3.24. The number of amides is 4. The zero-order chi connectivity index (χ0) is 21.7. The van der Waals surface area contributed by atoms with Gasteiger partial charge in [0.25, 0.3) is 11.1 Å². The van der Waals surface area contributed by atoms with E-state index in [4.69, 9.17) is 0 Å². The highest BCUT2D eigenvalue weighted by atomic mass is 32.2. The predicted molar refractivity (Wildman–Crippen MR) is 112 cm³/mol. The summed E-state index contributed by atoms with van der Waals surface area (Å²) in [6, 6.07) is 6.01. The number of carbonyl (C=O) groups excluding carboxylic acids is 4. The molecule has 30 heavy (non-hydrogen) atoms. The van der Waals surface area contributed by atoms with Crippen LogP contribution in [-0.2, 0) is 14.4 Å². The van der Waals surface area contributed by atoms with E-state index < -0.39 is 17.0 Å². The molecule has 2 aliphatic rings. The third kappa shape index (κ3) is 5.08. The molecule has 3 rings (SSSR count). The molecule has 4 amide bonds. The van der Waals surface area contributed by atoms with E-state index in [-0.39, 0.29) is 41.3 Å². The van der Waals surface area contributed by atoms with Gasteiger partial charge in [0.15, 0.2) is 0 Å². The van der Waals surface area contributed by atoms with Crippen LogP contribution in [0.2, 0.25) is 0 Å². The first kappa shape index (κ1) is 22.0. The van der Waals surface area contributed by atoms with Crippen LogP contribution in [-0.4, -0.2) is 58.9 Å². The highest BCUT2D eigenvalue weighted by molar-refractivity contribution is 8.18. The largest absolute Gasteiger partial charge is 0.354 e. The number of piperidine rings is 1. The number of thioether (sulfide) groups is 1. The Kier molecular flexibility index (Phi) is 7.25. The summed E-state index contributed by atoms with van der Waals surface area (Å²) in [7, 11) is 0. The molecule has 2 heterocycles. The van der Waals surface area contributed by atoms with Crippen LogP contribution < -0.4 is 5.32 Å². The minimum absolute atomic E-state index is 0.0342. The number of nitrogens with one attached hydrogen (secondary N) is 1. The van der Waals surface area contributed by atoms with Crippen LogP contribution in [0.5, 0.6) is 0 Å². The van der Waals surface area contributed by atoms with Crippen molar-refractivity contribution < 1.29 is 23.6 Å². The number of benzene rings is 1. The standard InChI is InChI=1S/C21H24FN3O4S/c1-2-18(26)24-10-5-7-15(13-24)19(27)23-9-11-25-20(28)17(30-21(25)29)12-14-6-3-4-8-16(14)22/h3-4,6,8,12,15H,2,5,7,9-11,13H2,1H3,(H,23,27). The quantitative estimate of drug-likeness (QED) is 0.697. The van der Waals surface area contributed by atoms with Gasteiger partial charge in [-0.25, -0.2) is 4.39 Å². The van der Waals surface area contributed by atoms with E-state index in [9.17, 15) is 23.6 Å². The highest BCUT2D eigenvalue weighted by Crippen LogP contribution is 2.32. The van der Waals surface area contributed by atoms with Crippen LogP contribution in [0, 0.1) is 11.7 Å². The topological polar surface area (TPSA) is 86.8 Å². The van der Waals surface area contributed by atoms with Crippen molar-refractivity contribution in [2.75, 3.05) is 26.2 Å². The SMILES string of the molecule is CCC(=O)N1CCCC(C(=O)NCCN2C(=O)SC(=Cc3ccccc3F)C2=O)C1. The van der Waals surface area contributed by atoms with Crippen molar-refractivity contribution in [3.05, 3.63) is 40.6 Å². The van der Waals surface area contributed by atoms with Gasteiger partial charge in [-0.05, 0) is 36.7 Å². The molecule has 1 N–H and O–H groups in total. The van der Waals surface area contributed by atoms with Crippen molar-refractivity contribution in [3.8, 4) is 0 Å².